The number of fused-ring (bicyclic) bond motifs is 1. The van der Waals surface area contributed by atoms with Crippen molar-refractivity contribution in [3.63, 3.8) is 0 Å². The van der Waals surface area contributed by atoms with Crippen molar-refractivity contribution in [1.82, 2.24) is 10.3 Å². The first-order valence-electron chi connectivity index (χ1n) is 14.2. The molecule has 3 unspecified atom stereocenters. The van der Waals surface area contributed by atoms with Crippen LogP contribution < -0.4 is 5.32 Å². The van der Waals surface area contributed by atoms with Crippen LogP contribution in [0, 0.1) is 0 Å². The highest BCUT2D eigenvalue weighted by Crippen LogP contribution is 2.47. The zero-order valence-electron chi connectivity index (χ0n) is 23.8. The molecule has 0 radical (unpaired) electrons. The number of carbonyl (C=O) groups excluding carboxylic acids is 1. The summed E-state index contributed by atoms with van der Waals surface area (Å²) in [5.41, 5.74) is 7.51. The fraction of sp³-hybridized carbons (Fsp3) is 0.111. The SMILES string of the molecule is O=C(/C=C/c1ccc(Cl)cc1)CC(C1=C(/C=C\c2ccc(Cl)cc2)NC2SC=NN2C1c1ccc(Cl)cc1)c1ccc(Cl)cc1. The lowest BCUT2D eigenvalue weighted by atomic mass is 9.78. The summed E-state index contributed by atoms with van der Waals surface area (Å²) in [5, 5.41) is 13.1. The van der Waals surface area contributed by atoms with E-state index in [4.69, 9.17) is 51.5 Å². The lowest BCUT2D eigenvalue weighted by Gasteiger charge is -2.42. The number of allylic oxidation sites excluding steroid dienone is 2. The topological polar surface area (TPSA) is 44.7 Å². The molecule has 4 aromatic carbocycles. The van der Waals surface area contributed by atoms with Crippen LogP contribution in [0.15, 0.2) is 126 Å². The maximum atomic E-state index is 13.7. The fourth-order valence-electron chi connectivity index (χ4n) is 5.46. The largest absolute Gasteiger partial charge is 0.355 e. The number of hydrazone groups is 1. The molecule has 0 spiro atoms. The van der Waals surface area contributed by atoms with E-state index in [9.17, 15) is 4.79 Å². The Kier molecular flexibility index (Phi) is 10.0. The fourth-order valence-corrected chi connectivity index (χ4v) is 6.74. The molecule has 0 amide bonds. The third-order valence-electron chi connectivity index (χ3n) is 7.64. The van der Waals surface area contributed by atoms with Crippen LogP contribution in [0.5, 0.6) is 0 Å². The summed E-state index contributed by atoms with van der Waals surface area (Å²) >= 11 is 26.5. The average Bonchev–Trinajstić information content (AvgIpc) is 3.52. The van der Waals surface area contributed by atoms with E-state index in [1.165, 1.54) is 0 Å². The van der Waals surface area contributed by atoms with Gasteiger partial charge in [-0.15, -0.1) is 0 Å². The third kappa shape index (κ3) is 7.69. The van der Waals surface area contributed by atoms with E-state index in [0.717, 1.165) is 33.5 Å². The normalized spacial score (nSPS) is 18.4. The summed E-state index contributed by atoms with van der Waals surface area (Å²) in [5.74, 6) is -0.334. The van der Waals surface area contributed by atoms with Gasteiger partial charge in [-0.25, -0.2) is 0 Å². The summed E-state index contributed by atoms with van der Waals surface area (Å²) < 4.78 is 0. The zero-order valence-corrected chi connectivity index (χ0v) is 27.6. The molecule has 2 aliphatic rings. The smallest absolute Gasteiger partial charge is 0.170 e. The molecule has 3 atom stereocenters. The van der Waals surface area contributed by atoms with Gasteiger partial charge < -0.3 is 5.32 Å². The molecule has 226 valence electrons. The van der Waals surface area contributed by atoms with Gasteiger partial charge in [-0.1, -0.05) is 119 Å². The number of ketones is 1. The molecule has 0 saturated carbocycles. The van der Waals surface area contributed by atoms with Gasteiger partial charge in [0.25, 0.3) is 0 Å². The lowest BCUT2D eigenvalue weighted by molar-refractivity contribution is -0.114. The summed E-state index contributed by atoms with van der Waals surface area (Å²) in [4.78, 5) is 13.7. The lowest BCUT2D eigenvalue weighted by Crippen LogP contribution is -2.46. The number of halogens is 4. The molecule has 6 rings (SSSR count). The van der Waals surface area contributed by atoms with Crippen molar-refractivity contribution in [2.75, 3.05) is 0 Å². The van der Waals surface area contributed by atoms with E-state index in [0.29, 0.717) is 20.1 Å². The van der Waals surface area contributed by atoms with Gasteiger partial charge in [0.2, 0.25) is 0 Å². The number of rotatable bonds is 9. The van der Waals surface area contributed by atoms with E-state index in [2.05, 4.69) is 22.5 Å². The van der Waals surface area contributed by atoms with Crippen LogP contribution in [0.25, 0.3) is 12.2 Å². The molecule has 0 fully saturated rings. The number of hydrogen-bond donors (Lipinski definition) is 1. The second kappa shape index (κ2) is 14.3. The molecule has 0 bridgehead atoms. The molecular formula is C36H27Cl4N3OS. The Labute approximate surface area is 287 Å². The third-order valence-corrected chi connectivity index (χ3v) is 9.46. The predicted molar refractivity (Wildman–Crippen MR) is 191 cm³/mol. The summed E-state index contributed by atoms with van der Waals surface area (Å²) in [6.07, 6.45) is 7.81. The van der Waals surface area contributed by atoms with Crippen LogP contribution in [-0.2, 0) is 4.79 Å². The van der Waals surface area contributed by atoms with Gasteiger partial charge in [0.05, 0.1) is 11.6 Å². The number of hydrogen-bond acceptors (Lipinski definition) is 5. The highest BCUT2D eigenvalue weighted by molar-refractivity contribution is 8.12. The van der Waals surface area contributed by atoms with Gasteiger partial charge in [-0.3, -0.25) is 9.80 Å². The Bertz CT molecular complexity index is 1780. The molecule has 4 aromatic rings. The molecule has 4 nitrogen and oxygen atoms in total. The van der Waals surface area contributed by atoms with Crippen molar-refractivity contribution in [3.8, 4) is 0 Å². The molecule has 1 N–H and O–H groups in total. The minimum atomic E-state index is -0.315. The van der Waals surface area contributed by atoms with E-state index < -0.39 is 0 Å². The Balaban J connectivity index is 1.49. The van der Waals surface area contributed by atoms with Crippen LogP contribution in [0.2, 0.25) is 20.1 Å². The van der Waals surface area contributed by atoms with Gasteiger partial charge in [0.15, 0.2) is 11.3 Å². The Morgan fingerprint density at radius 1 is 0.756 bits per heavy atom. The van der Waals surface area contributed by atoms with E-state index >= 15 is 0 Å². The number of carbonyl (C=O) groups is 1. The van der Waals surface area contributed by atoms with Crippen LogP contribution in [-0.4, -0.2) is 21.8 Å². The van der Waals surface area contributed by atoms with Crippen LogP contribution in [0.4, 0.5) is 0 Å². The van der Waals surface area contributed by atoms with Crippen molar-refractivity contribution in [2.45, 2.75) is 23.9 Å². The Morgan fingerprint density at radius 2 is 1.29 bits per heavy atom. The molecule has 0 aliphatic carbocycles. The molecular weight excluding hydrogens is 664 g/mol. The van der Waals surface area contributed by atoms with Crippen molar-refractivity contribution in [3.05, 3.63) is 163 Å². The standard InChI is InChI=1S/C36H27Cl4N3OS/c37-27-11-1-23(2-12-27)5-19-31(44)21-32(25-7-15-29(39)16-8-25)34-33(20-6-24-3-13-28(38)14-4-24)42-36-43(41-22-45-36)35(34)26-9-17-30(40)18-10-26/h1-20,22,32,35-36,42H,21H2/b19-5+,20-6-. The van der Waals surface area contributed by atoms with Crippen molar-refractivity contribution >= 4 is 81.6 Å². The minimum absolute atomic E-state index is 0.0188. The second-order valence-corrected chi connectivity index (χ2v) is 13.3. The number of nitrogens with zero attached hydrogens (tertiary/aromatic N) is 2. The summed E-state index contributed by atoms with van der Waals surface area (Å²) in [7, 11) is 0. The maximum Gasteiger partial charge on any atom is 0.170 e. The average molecular weight is 692 g/mol. The van der Waals surface area contributed by atoms with Crippen molar-refractivity contribution < 1.29 is 4.79 Å². The van der Waals surface area contributed by atoms with Crippen LogP contribution in [0.3, 0.4) is 0 Å². The first-order chi connectivity index (χ1) is 21.8. The van der Waals surface area contributed by atoms with Crippen LogP contribution >= 0.6 is 58.2 Å². The highest BCUT2D eigenvalue weighted by Gasteiger charge is 2.41. The number of benzene rings is 4. The highest BCUT2D eigenvalue weighted by atomic mass is 35.5. The summed E-state index contributed by atoms with van der Waals surface area (Å²) in [6.45, 7) is 0. The number of nitrogens with one attached hydrogen (secondary N) is 1. The van der Waals surface area contributed by atoms with E-state index in [-0.39, 0.29) is 29.7 Å². The first-order valence-corrected chi connectivity index (χ1v) is 16.7. The molecule has 45 heavy (non-hydrogen) atoms. The Hall–Kier alpha value is -3.45. The van der Waals surface area contributed by atoms with Gasteiger partial charge in [-0.05, 0) is 88.5 Å². The van der Waals surface area contributed by atoms with E-state index in [1.54, 1.807) is 17.8 Å². The van der Waals surface area contributed by atoms with Gasteiger partial charge in [0, 0.05) is 38.1 Å². The minimum Gasteiger partial charge on any atom is -0.355 e. The number of thioether (sulfide) groups is 1. The molecule has 9 heteroatoms. The van der Waals surface area contributed by atoms with Crippen molar-refractivity contribution in [2.24, 2.45) is 5.10 Å². The van der Waals surface area contributed by atoms with Gasteiger partial charge in [0.1, 0.15) is 0 Å². The molecule has 0 saturated heterocycles. The molecule has 2 aliphatic heterocycles. The molecule has 2 heterocycles. The Morgan fingerprint density at radius 3 is 1.89 bits per heavy atom. The first kappa shape index (κ1) is 31.5. The predicted octanol–water partition coefficient (Wildman–Crippen LogP) is 10.6. The maximum absolute atomic E-state index is 13.7. The monoisotopic (exact) mass is 689 g/mol. The van der Waals surface area contributed by atoms with Gasteiger partial charge in [-0.2, -0.15) is 5.10 Å². The zero-order chi connectivity index (χ0) is 31.3. The second-order valence-electron chi connectivity index (χ2n) is 10.6. The molecule has 0 aromatic heterocycles. The van der Waals surface area contributed by atoms with Crippen LogP contribution in [0.1, 0.15) is 40.6 Å². The quantitative estimate of drug-likeness (QED) is 0.178. The van der Waals surface area contributed by atoms with Gasteiger partial charge >= 0.3 is 0 Å². The van der Waals surface area contributed by atoms with E-state index in [1.807, 2.05) is 109 Å². The van der Waals surface area contributed by atoms with Crippen molar-refractivity contribution in [1.29, 1.82) is 0 Å². The summed E-state index contributed by atoms with van der Waals surface area (Å²) in [6, 6.07) is 30.3.